The smallest absolute Gasteiger partial charge is 0.266 e. The Morgan fingerprint density at radius 1 is 1.20 bits per heavy atom. The lowest BCUT2D eigenvalue weighted by atomic mass is 10.1. The molecule has 2 rings (SSSR count). The maximum atomic E-state index is 11.5. The van der Waals surface area contributed by atoms with Gasteiger partial charge in [0.05, 0.1) is 5.69 Å². The van der Waals surface area contributed by atoms with Crippen molar-refractivity contribution in [1.82, 2.24) is 9.78 Å². The number of benzene rings is 1. The fourth-order valence-electron chi connectivity index (χ4n) is 1.83. The lowest BCUT2D eigenvalue weighted by molar-refractivity contribution is -0.116. The van der Waals surface area contributed by atoms with Gasteiger partial charge in [0.15, 0.2) is 0 Å². The zero-order chi connectivity index (χ0) is 14.5. The minimum atomic E-state index is -0.141. The molecule has 0 saturated heterocycles. The number of carbonyl (C=O) groups excluding carboxylic acids is 1. The van der Waals surface area contributed by atoms with Gasteiger partial charge in [-0.2, -0.15) is 5.10 Å². The van der Waals surface area contributed by atoms with Crippen molar-refractivity contribution in [2.45, 2.75) is 19.8 Å². The van der Waals surface area contributed by atoms with Crippen LogP contribution in [-0.4, -0.2) is 15.7 Å². The molecule has 0 fully saturated rings. The third-order valence-corrected chi connectivity index (χ3v) is 2.90. The Morgan fingerprint density at radius 3 is 2.50 bits per heavy atom. The number of hydrogen-bond acceptors (Lipinski definition) is 3. The van der Waals surface area contributed by atoms with E-state index in [2.05, 4.69) is 10.4 Å². The highest BCUT2D eigenvalue weighted by Crippen LogP contribution is 2.18. The van der Waals surface area contributed by atoms with Crippen molar-refractivity contribution in [2.24, 2.45) is 7.05 Å². The fraction of sp³-hybridized carbons (Fsp3) is 0.267. The molecule has 0 saturated carbocycles. The normalized spacial score (nSPS) is 10.3. The summed E-state index contributed by atoms with van der Waals surface area (Å²) in [6, 6.07) is 10.6. The number of nitrogens with zero attached hydrogens (tertiary/aromatic N) is 2. The van der Waals surface area contributed by atoms with Crippen LogP contribution in [-0.2, 0) is 11.8 Å². The molecule has 0 aliphatic rings. The molecule has 1 aromatic heterocycles. The van der Waals surface area contributed by atoms with E-state index in [1.165, 1.54) is 10.7 Å². The Balaban J connectivity index is 2.17. The van der Waals surface area contributed by atoms with E-state index in [1.807, 2.05) is 31.2 Å². The van der Waals surface area contributed by atoms with Crippen molar-refractivity contribution < 1.29 is 4.79 Å². The molecule has 0 atom stereocenters. The molecule has 1 N–H and O–H groups in total. The molecule has 1 heterocycles. The number of anilines is 1. The molecule has 0 bridgehead atoms. The van der Waals surface area contributed by atoms with Gasteiger partial charge in [-0.25, -0.2) is 4.68 Å². The second-order valence-electron chi connectivity index (χ2n) is 4.56. The Hall–Kier alpha value is -2.43. The van der Waals surface area contributed by atoms with Crippen LogP contribution in [0.1, 0.15) is 19.8 Å². The topological polar surface area (TPSA) is 64.0 Å². The minimum Gasteiger partial charge on any atom is -0.326 e. The summed E-state index contributed by atoms with van der Waals surface area (Å²) in [6.07, 6.45) is 1.34. The molecule has 0 aliphatic heterocycles. The van der Waals surface area contributed by atoms with Crippen molar-refractivity contribution >= 4 is 11.6 Å². The Labute approximate surface area is 117 Å². The number of carbonyl (C=O) groups is 1. The van der Waals surface area contributed by atoms with Crippen LogP contribution in [0, 0.1) is 0 Å². The first-order chi connectivity index (χ1) is 9.60. The van der Waals surface area contributed by atoms with Crippen LogP contribution in [0.3, 0.4) is 0 Å². The van der Waals surface area contributed by atoms with Crippen molar-refractivity contribution in [2.75, 3.05) is 5.32 Å². The summed E-state index contributed by atoms with van der Waals surface area (Å²) in [7, 11) is 1.62. The highest BCUT2D eigenvalue weighted by atomic mass is 16.1. The molecule has 5 nitrogen and oxygen atoms in total. The van der Waals surface area contributed by atoms with Gasteiger partial charge in [-0.1, -0.05) is 19.1 Å². The predicted octanol–water partition coefficient (Wildman–Crippen LogP) is 2.19. The number of hydrogen-bond donors (Lipinski definition) is 1. The number of amides is 1. The molecular formula is C15H17N3O2. The van der Waals surface area contributed by atoms with Crippen LogP contribution < -0.4 is 10.9 Å². The van der Waals surface area contributed by atoms with Crippen molar-refractivity contribution in [3.05, 3.63) is 46.8 Å². The van der Waals surface area contributed by atoms with Gasteiger partial charge in [0, 0.05) is 30.8 Å². The summed E-state index contributed by atoms with van der Waals surface area (Å²) < 4.78 is 1.30. The molecule has 0 spiro atoms. The molecule has 0 aliphatic carbocycles. The average Bonchev–Trinajstić information content (AvgIpc) is 2.43. The van der Waals surface area contributed by atoms with Crippen LogP contribution in [0.2, 0.25) is 0 Å². The molecule has 0 radical (unpaired) electrons. The van der Waals surface area contributed by atoms with Crippen molar-refractivity contribution in [1.29, 1.82) is 0 Å². The van der Waals surface area contributed by atoms with Crippen LogP contribution >= 0.6 is 0 Å². The number of aryl methyl sites for hydroxylation is 1. The molecule has 2 aromatic rings. The molecule has 104 valence electrons. The zero-order valence-corrected chi connectivity index (χ0v) is 11.6. The van der Waals surface area contributed by atoms with Crippen molar-refractivity contribution in [3.63, 3.8) is 0 Å². The van der Waals surface area contributed by atoms with Gasteiger partial charge >= 0.3 is 0 Å². The Bertz CT molecular complexity index is 660. The van der Waals surface area contributed by atoms with E-state index in [0.717, 1.165) is 23.4 Å². The standard InChI is InChI=1S/C15H17N3O2/c1-3-4-14(19)16-12-7-5-11(6-8-12)13-9-10-15(20)18(2)17-13/h5-10H,3-4H2,1-2H3,(H,16,19). The number of aromatic nitrogens is 2. The molecule has 5 heteroatoms. The van der Waals surface area contributed by atoms with E-state index in [1.54, 1.807) is 13.1 Å². The first-order valence-corrected chi connectivity index (χ1v) is 6.55. The predicted molar refractivity (Wildman–Crippen MR) is 78.5 cm³/mol. The first-order valence-electron chi connectivity index (χ1n) is 6.55. The van der Waals surface area contributed by atoms with Crippen LogP contribution in [0.25, 0.3) is 11.3 Å². The van der Waals surface area contributed by atoms with Gasteiger partial charge in [-0.05, 0) is 24.6 Å². The van der Waals surface area contributed by atoms with E-state index in [0.29, 0.717) is 6.42 Å². The summed E-state index contributed by atoms with van der Waals surface area (Å²) in [4.78, 5) is 22.8. The van der Waals surface area contributed by atoms with E-state index >= 15 is 0 Å². The van der Waals surface area contributed by atoms with E-state index in [4.69, 9.17) is 0 Å². The molecule has 1 aromatic carbocycles. The highest BCUT2D eigenvalue weighted by molar-refractivity contribution is 5.90. The highest BCUT2D eigenvalue weighted by Gasteiger charge is 2.03. The van der Waals surface area contributed by atoms with Crippen LogP contribution in [0.5, 0.6) is 0 Å². The largest absolute Gasteiger partial charge is 0.326 e. The van der Waals surface area contributed by atoms with Crippen LogP contribution in [0.15, 0.2) is 41.2 Å². The monoisotopic (exact) mass is 271 g/mol. The third kappa shape index (κ3) is 3.32. The van der Waals surface area contributed by atoms with Crippen LogP contribution in [0.4, 0.5) is 5.69 Å². The van der Waals surface area contributed by atoms with Gasteiger partial charge in [0.1, 0.15) is 0 Å². The average molecular weight is 271 g/mol. The zero-order valence-electron chi connectivity index (χ0n) is 11.6. The van der Waals surface area contributed by atoms with E-state index < -0.39 is 0 Å². The second-order valence-corrected chi connectivity index (χ2v) is 4.56. The van der Waals surface area contributed by atoms with Gasteiger partial charge in [0.25, 0.3) is 5.56 Å². The number of rotatable bonds is 4. The minimum absolute atomic E-state index is 0.0143. The summed E-state index contributed by atoms with van der Waals surface area (Å²) in [5.74, 6) is 0.0143. The SMILES string of the molecule is CCCC(=O)Nc1ccc(-c2ccc(=O)n(C)n2)cc1. The maximum absolute atomic E-state index is 11.5. The first kappa shape index (κ1) is 14.0. The lowest BCUT2D eigenvalue weighted by Crippen LogP contribution is -2.18. The second kappa shape index (κ2) is 6.14. The van der Waals surface area contributed by atoms with Gasteiger partial charge in [-0.15, -0.1) is 0 Å². The maximum Gasteiger partial charge on any atom is 0.266 e. The Morgan fingerprint density at radius 2 is 1.90 bits per heavy atom. The lowest BCUT2D eigenvalue weighted by Gasteiger charge is -2.06. The summed E-state index contributed by atoms with van der Waals surface area (Å²) in [5, 5.41) is 7.01. The summed E-state index contributed by atoms with van der Waals surface area (Å²) >= 11 is 0. The third-order valence-electron chi connectivity index (χ3n) is 2.90. The van der Waals surface area contributed by atoms with E-state index in [-0.39, 0.29) is 11.5 Å². The van der Waals surface area contributed by atoms with Crippen molar-refractivity contribution in [3.8, 4) is 11.3 Å². The van der Waals surface area contributed by atoms with E-state index in [9.17, 15) is 9.59 Å². The Kier molecular flexibility index (Phi) is 4.30. The summed E-state index contributed by atoms with van der Waals surface area (Å²) in [6.45, 7) is 1.97. The summed E-state index contributed by atoms with van der Waals surface area (Å²) in [5.41, 5.74) is 2.24. The van der Waals surface area contributed by atoms with Gasteiger partial charge in [0.2, 0.25) is 5.91 Å². The fourth-order valence-corrected chi connectivity index (χ4v) is 1.83. The molecule has 20 heavy (non-hydrogen) atoms. The van der Waals surface area contributed by atoms with Gasteiger partial charge in [-0.3, -0.25) is 9.59 Å². The molecule has 1 amide bonds. The molecule has 0 unspecified atom stereocenters. The molecular weight excluding hydrogens is 254 g/mol. The number of nitrogens with one attached hydrogen (secondary N) is 1. The quantitative estimate of drug-likeness (QED) is 0.927. The van der Waals surface area contributed by atoms with Gasteiger partial charge < -0.3 is 5.32 Å².